The third-order valence-corrected chi connectivity index (χ3v) is 2.50. The number of benzene rings is 1. The Kier molecular flexibility index (Phi) is 3.48. The van der Waals surface area contributed by atoms with Gasteiger partial charge in [0.1, 0.15) is 0 Å². The second-order valence-electron chi connectivity index (χ2n) is 3.24. The maximum absolute atomic E-state index is 10.5. The van der Waals surface area contributed by atoms with Crippen LogP contribution in [0.4, 0.5) is 5.69 Å². The predicted molar refractivity (Wildman–Crippen MR) is 63.9 cm³/mol. The summed E-state index contributed by atoms with van der Waals surface area (Å²) in [6.45, 7) is 0. The van der Waals surface area contributed by atoms with Gasteiger partial charge in [-0.3, -0.25) is 10.1 Å². The van der Waals surface area contributed by atoms with Gasteiger partial charge < -0.3 is 4.42 Å². The fourth-order valence-corrected chi connectivity index (χ4v) is 1.62. The van der Waals surface area contributed by atoms with Crippen molar-refractivity contribution in [3.05, 3.63) is 40.3 Å². The van der Waals surface area contributed by atoms with Crippen LogP contribution in [0.3, 0.4) is 0 Å². The van der Waals surface area contributed by atoms with Gasteiger partial charge in [0, 0.05) is 29.4 Å². The monoisotopic (exact) mass is 297 g/mol. The lowest BCUT2D eigenvalue weighted by Crippen LogP contribution is -1.87. The molecule has 88 valence electrons. The Labute approximate surface area is 105 Å². The van der Waals surface area contributed by atoms with Crippen molar-refractivity contribution in [2.75, 3.05) is 5.33 Å². The number of hydrogen-bond donors (Lipinski definition) is 0. The number of halogens is 1. The smallest absolute Gasteiger partial charge is 0.269 e. The molecule has 0 amide bonds. The van der Waals surface area contributed by atoms with Crippen LogP contribution in [-0.4, -0.2) is 20.5 Å². The molecule has 0 atom stereocenters. The topological polar surface area (TPSA) is 82.1 Å². The molecule has 0 fully saturated rings. The van der Waals surface area contributed by atoms with Crippen molar-refractivity contribution in [3.63, 3.8) is 0 Å². The number of nitrogens with zero attached hydrogens (tertiary/aromatic N) is 3. The van der Waals surface area contributed by atoms with Crippen LogP contribution in [0.1, 0.15) is 5.89 Å². The summed E-state index contributed by atoms with van der Waals surface area (Å²) < 4.78 is 5.39. The zero-order chi connectivity index (χ0) is 12.3. The molecule has 1 heterocycles. The lowest BCUT2D eigenvalue weighted by Gasteiger charge is -1.94. The fourth-order valence-electron chi connectivity index (χ4n) is 1.28. The van der Waals surface area contributed by atoms with Crippen LogP contribution in [0, 0.1) is 10.1 Å². The summed E-state index contributed by atoms with van der Waals surface area (Å²) in [4.78, 5) is 10.0. The summed E-state index contributed by atoms with van der Waals surface area (Å²) in [5.41, 5.74) is 0.706. The lowest BCUT2D eigenvalue weighted by atomic mass is 10.2. The third-order valence-electron chi connectivity index (χ3n) is 2.10. The Bertz CT molecular complexity index is 524. The number of non-ortho nitro benzene ring substituents is 1. The molecular weight excluding hydrogens is 290 g/mol. The van der Waals surface area contributed by atoms with Gasteiger partial charge in [-0.2, -0.15) is 0 Å². The van der Waals surface area contributed by atoms with Gasteiger partial charge in [0.2, 0.25) is 11.8 Å². The molecule has 0 spiro atoms. The molecule has 0 radical (unpaired) electrons. The second-order valence-corrected chi connectivity index (χ2v) is 4.04. The summed E-state index contributed by atoms with van der Waals surface area (Å²) in [6.07, 6.45) is 0.653. The van der Waals surface area contributed by atoms with Gasteiger partial charge in [0.25, 0.3) is 5.69 Å². The molecule has 0 bridgehead atoms. The van der Waals surface area contributed by atoms with Crippen molar-refractivity contribution in [3.8, 4) is 11.5 Å². The van der Waals surface area contributed by atoms with Gasteiger partial charge in [-0.1, -0.05) is 15.9 Å². The van der Waals surface area contributed by atoms with Gasteiger partial charge in [-0.25, -0.2) is 0 Å². The normalized spacial score (nSPS) is 10.4. The zero-order valence-electron chi connectivity index (χ0n) is 8.67. The molecule has 2 aromatic rings. The minimum absolute atomic E-state index is 0.0361. The molecule has 0 N–H and O–H groups in total. The Hall–Kier alpha value is -1.76. The van der Waals surface area contributed by atoms with E-state index in [0.29, 0.717) is 23.8 Å². The van der Waals surface area contributed by atoms with E-state index >= 15 is 0 Å². The Morgan fingerprint density at radius 2 is 2.00 bits per heavy atom. The highest BCUT2D eigenvalue weighted by Crippen LogP contribution is 2.21. The number of aromatic nitrogens is 2. The maximum Gasteiger partial charge on any atom is 0.269 e. The number of nitro benzene ring substituents is 1. The summed E-state index contributed by atoms with van der Waals surface area (Å²) in [5, 5.41) is 19.0. The minimum Gasteiger partial charge on any atom is -0.421 e. The molecule has 2 rings (SSSR count). The molecule has 0 aliphatic rings. The molecule has 0 saturated carbocycles. The molecule has 7 heteroatoms. The van der Waals surface area contributed by atoms with Crippen LogP contribution >= 0.6 is 15.9 Å². The first-order valence-corrected chi connectivity index (χ1v) is 5.96. The first-order valence-electron chi connectivity index (χ1n) is 4.84. The Balaban J connectivity index is 2.23. The fraction of sp³-hybridized carbons (Fsp3) is 0.200. The van der Waals surface area contributed by atoms with Crippen molar-refractivity contribution < 1.29 is 9.34 Å². The number of rotatable bonds is 4. The summed E-state index contributed by atoms with van der Waals surface area (Å²) in [5.74, 6) is 0.908. The molecule has 0 saturated heterocycles. The predicted octanol–water partition coefficient (Wildman–Crippen LogP) is 2.58. The number of nitro groups is 1. The number of aryl methyl sites for hydroxylation is 1. The third kappa shape index (κ3) is 2.68. The minimum atomic E-state index is -0.451. The highest BCUT2D eigenvalue weighted by molar-refractivity contribution is 9.09. The van der Waals surface area contributed by atoms with E-state index in [9.17, 15) is 10.1 Å². The zero-order valence-corrected chi connectivity index (χ0v) is 10.3. The van der Waals surface area contributed by atoms with E-state index in [4.69, 9.17) is 4.42 Å². The van der Waals surface area contributed by atoms with Crippen molar-refractivity contribution in [2.45, 2.75) is 6.42 Å². The van der Waals surface area contributed by atoms with Crippen molar-refractivity contribution in [2.24, 2.45) is 0 Å². The number of hydrogen-bond acceptors (Lipinski definition) is 5. The molecule has 1 aromatic carbocycles. The number of alkyl halides is 1. The second kappa shape index (κ2) is 5.05. The van der Waals surface area contributed by atoms with E-state index in [-0.39, 0.29) is 5.69 Å². The summed E-state index contributed by atoms with van der Waals surface area (Å²) in [7, 11) is 0. The van der Waals surface area contributed by atoms with Crippen LogP contribution in [0.25, 0.3) is 11.5 Å². The average Bonchev–Trinajstić information content (AvgIpc) is 2.78. The van der Waals surface area contributed by atoms with Gasteiger partial charge in [-0.05, 0) is 12.1 Å². The van der Waals surface area contributed by atoms with E-state index in [2.05, 4.69) is 26.1 Å². The lowest BCUT2D eigenvalue weighted by molar-refractivity contribution is -0.384. The van der Waals surface area contributed by atoms with Crippen LogP contribution in [0.5, 0.6) is 0 Å². The van der Waals surface area contributed by atoms with Gasteiger partial charge in [0.05, 0.1) is 4.92 Å². The summed E-state index contributed by atoms with van der Waals surface area (Å²) >= 11 is 3.27. The average molecular weight is 298 g/mol. The highest BCUT2D eigenvalue weighted by Gasteiger charge is 2.10. The van der Waals surface area contributed by atoms with Crippen LogP contribution in [0.15, 0.2) is 28.7 Å². The standard InChI is InChI=1S/C10H8BrN3O3/c11-6-5-9-12-13-10(17-9)7-1-3-8(4-2-7)14(15)16/h1-4H,5-6H2. The largest absolute Gasteiger partial charge is 0.421 e. The SMILES string of the molecule is O=[N+]([O-])c1ccc(-c2nnc(CCBr)o2)cc1. The van der Waals surface area contributed by atoms with Crippen LogP contribution < -0.4 is 0 Å². The molecule has 17 heavy (non-hydrogen) atoms. The molecule has 0 aliphatic heterocycles. The quantitative estimate of drug-likeness (QED) is 0.492. The van der Waals surface area contributed by atoms with Gasteiger partial charge >= 0.3 is 0 Å². The van der Waals surface area contributed by atoms with E-state index < -0.39 is 4.92 Å². The molecular formula is C10H8BrN3O3. The summed E-state index contributed by atoms with van der Waals surface area (Å²) in [6, 6.07) is 5.99. The molecule has 6 nitrogen and oxygen atoms in total. The van der Waals surface area contributed by atoms with E-state index in [1.807, 2.05) is 0 Å². The van der Waals surface area contributed by atoms with Crippen LogP contribution in [0.2, 0.25) is 0 Å². The first-order chi connectivity index (χ1) is 8.20. The van der Waals surface area contributed by atoms with Crippen molar-refractivity contribution >= 4 is 21.6 Å². The Morgan fingerprint density at radius 3 is 2.59 bits per heavy atom. The van der Waals surface area contributed by atoms with Gasteiger partial charge in [-0.15, -0.1) is 10.2 Å². The highest BCUT2D eigenvalue weighted by atomic mass is 79.9. The van der Waals surface area contributed by atoms with Crippen molar-refractivity contribution in [1.82, 2.24) is 10.2 Å². The van der Waals surface area contributed by atoms with Gasteiger partial charge in [0.15, 0.2) is 0 Å². The van der Waals surface area contributed by atoms with E-state index in [1.54, 1.807) is 12.1 Å². The maximum atomic E-state index is 10.5. The van der Waals surface area contributed by atoms with Crippen LogP contribution in [-0.2, 0) is 6.42 Å². The van der Waals surface area contributed by atoms with E-state index in [1.165, 1.54) is 12.1 Å². The van der Waals surface area contributed by atoms with Crippen molar-refractivity contribution in [1.29, 1.82) is 0 Å². The molecule has 0 unspecified atom stereocenters. The molecule has 1 aromatic heterocycles. The molecule has 0 aliphatic carbocycles. The Morgan fingerprint density at radius 1 is 1.29 bits per heavy atom. The first kappa shape index (κ1) is 11.7. The van der Waals surface area contributed by atoms with E-state index in [0.717, 1.165) is 5.33 Å².